The van der Waals surface area contributed by atoms with Crippen LogP contribution >= 0.6 is 24.0 Å². The van der Waals surface area contributed by atoms with E-state index >= 15 is 0 Å². The third-order valence-corrected chi connectivity index (χ3v) is 4.50. The first-order valence-electron chi connectivity index (χ1n) is 9.01. The molecule has 0 amide bonds. The largest absolute Gasteiger partial charge is 0.497 e. The fourth-order valence-corrected chi connectivity index (χ4v) is 3.19. The van der Waals surface area contributed by atoms with Gasteiger partial charge in [-0.05, 0) is 56.0 Å². The lowest BCUT2D eigenvalue weighted by molar-refractivity contribution is 0.182. The minimum Gasteiger partial charge on any atom is -0.497 e. The van der Waals surface area contributed by atoms with E-state index in [9.17, 15) is 0 Å². The molecule has 25 heavy (non-hydrogen) atoms. The molecule has 142 valence electrons. The minimum atomic E-state index is 0. The Labute approximate surface area is 169 Å². The van der Waals surface area contributed by atoms with Crippen LogP contribution < -0.4 is 15.4 Å². The highest BCUT2D eigenvalue weighted by Gasteiger charge is 2.15. The van der Waals surface area contributed by atoms with Gasteiger partial charge in [-0.15, -0.1) is 24.0 Å². The number of halogens is 1. The van der Waals surface area contributed by atoms with E-state index in [0.29, 0.717) is 0 Å². The second-order valence-corrected chi connectivity index (χ2v) is 6.61. The van der Waals surface area contributed by atoms with E-state index in [1.165, 1.54) is 38.0 Å². The van der Waals surface area contributed by atoms with Gasteiger partial charge in [0.1, 0.15) is 5.75 Å². The van der Waals surface area contributed by atoms with Gasteiger partial charge >= 0.3 is 0 Å². The number of piperidine rings is 1. The molecule has 1 fully saturated rings. The number of likely N-dealkylation sites (tertiary alicyclic amines) is 1. The number of methoxy groups -OCH3 is 1. The average Bonchev–Trinajstić information content (AvgIpc) is 2.61. The van der Waals surface area contributed by atoms with Gasteiger partial charge in [0, 0.05) is 26.7 Å². The number of benzene rings is 1. The van der Waals surface area contributed by atoms with Crippen molar-refractivity contribution in [3.8, 4) is 5.75 Å². The lowest BCUT2D eigenvalue weighted by Gasteiger charge is -2.30. The summed E-state index contributed by atoms with van der Waals surface area (Å²) in [5, 5.41) is 6.75. The molecule has 1 heterocycles. The maximum atomic E-state index is 5.25. The molecule has 0 saturated carbocycles. The number of aliphatic imine (C=N–C) groups is 1. The summed E-state index contributed by atoms with van der Waals surface area (Å²) in [6.07, 6.45) is 3.88. The topological polar surface area (TPSA) is 48.9 Å². The number of hydrogen-bond donors (Lipinski definition) is 2. The van der Waals surface area contributed by atoms with Gasteiger partial charge < -0.3 is 20.3 Å². The first kappa shape index (κ1) is 22.0. The number of nitrogens with zero attached hydrogens (tertiary/aromatic N) is 2. The van der Waals surface area contributed by atoms with E-state index in [4.69, 9.17) is 4.74 Å². The number of guanidine groups is 1. The average molecular weight is 460 g/mol. The smallest absolute Gasteiger partial charge is 0.191 e. The van der Waals surface area contributed by atoms with Gasteiger partial charge in [-0.25, -0.2) is 0 Å². The molecule has 1 aliphatic rings. The third kappa shape index (κ3) is 8.27. The number of ether oxygens (including phenoxy) is 1. The molecule has 0 aromatic heterocycles. The van der Waals surface area contributed by atoms with Crippen LogP contribution in [0, 0.1) is 5.92 Å². The molecule has 0 radical (unpaired) electrons. The Hall–Kier alpha value is -1.02. The van der Waals surface area contributed by atoms with Crippen LogP contribution in [0.2, 0.25) is 0 Å². The zero-order chi connectivity index (χ0) is 17.2. The summed E-state index contributed by atoms with van der Waals surface area (Å²) in [5.41, 5.74) is 1.18. The van der Waals surface area contributed by atoms with Crippen molar-refractivity contribution in [1.82, 2.24) is 15.5 Å². The molecular formula is C19H33IN4O. The predicted molar refractivity (Wildman–Crippen MR) is 116 cm³/mol. The van der Waals surface area contributed by atoms with Crippen molar-refractivity contribution >= 4 is 29.9 Å². The second kappa shape index (κ2) is 12.4. The van der Waals surface area contributed by atoms with E-state index in [2.05, 4.69) is 33.5 Å². The Morgan fingerprint density at radius 3 is 2.92 bits per heavy atom. The van der Waals surface area contributed by atoms with E-state index in [1.807, 2.05) is 25.2 Å². The highest BCUT2D eigenvalue weighted by molar-refractivity contribution is 14.0. The Bertz CT molecular complexity index is 524. The van der Waals surface area contributed by atoms with Crippen molar-refractivity contribution in [3.05, 3.63) is 29.8 Å². The standard InChI is InChI=1S/C19H32N4O.HI/c1-16-7-5-11-23(15-16)12-6-10-21-19(20-2)22-14-17-8-4-9-18(13-17)24-3;/h4,8-9,13,16H,5-7,10-12,14-15H2,1-3H3,(H2,20,21,22);1H. The normalized spacial score (nSPS) is 18.4. The van der Waals surface area contributed by atoms with Crippen LogP contribution in [0.15, 0.2) is 29.3 Å². The van der Waals surface area contributed by atoms with Crippen LogP contribution in [-0.2, 0) is 6.54 Å². The van der Waals surface area contributed by atoms with Crippen LogP contribution in [0.4, 0.5) is 0 Å². The van der Waals surface area contributed by atoms with Gasteiger partial charge in [0.05, 0.1) is 7.11 Å². The Kier molecular flexibility index (Phi) is 10.9. The molecule has 1 aromatic rings. The molecule has 1 aromatic carbocycles. The van der Waals surface area contributed by atoms with Crippen molar-refractivity contribution in [2.45, 2.75) is 32.7 Å². The van der Waals surface area contributed by atoms with Gasteiger partial charge in [-0.2, -0.15) is 0 Å². The fourth-order valence-electron chi connectivity index (χ4n) is 3.19. The van der Waals surface area contributed by atoms with Crippen molar-refractivity contribution in [2.75, 3.05) is 40.3 Å². The van der Waals surface area contributed by atoms with E-state index in [-0.39, 0.29) is 24.0 Å². The molecular weight excluding hydrogens is 427 g/mol. The summed E-state index contributed by atoms with van der Waals surface area (Å²) in [6.45, 7) is 7.72. The van der Waals surface area contributed by atoms with Crippen LogP contribution in [0.5, 0.6) is 5.75 Å². The van der Waals surface area contributed by atoms with Crippen LogP contribution in [0.3, 0.4) is 0 Å². The van der Waals surface area contributed by atoms with Crippen molar-refractivity contribution in [1.29, 1.82) is 0 Å². The molecule has 0 aliphatic carbocycles. The van der Waals surface area contributed by atoms with Gasteiger partial charge in [0.25, 0.3) is 0 Å². The molecule has 0 bridgehead atoms. The van der Waals surface area contributed by atoms with Crippen LogP contribution in [-0.4, -0.2) is 51.2 Å². The SMILES string of the molecule is CN=C(NCCCN1CCCC(C)C1)NCc1cccc(OC)c1.I. The first-order chi connectivity index (χ1) is 11.7. The van der Waals surface area contributed by atoms with Crippen molar-refractivity contribution < 1.29 is 4.74 Å². The fraction of sp³-hybridized carbons (Fsp3) is 0.632. The summed E-state index contributed by atoms with van der Waals surface area (Å²) >= 11 is 0. The van der Waals surface area contributed by atoms with Crippen LogP contribution in [0.25, 0.3) is 0 Å². The molecule has 0 spiro atoms. The first-order valence-corrected chi connectivity index (χ1v) is 9.01. The summed E-state index contributed by atoms with van der Waals surface area (Å²) in [7, 11) is 3.50. The van der Waals surface area contributed by atoms with E-state index < -0.39 is 0 Å². The zero-order valence-corrected chi connectivity index (χ0v) is 18.1. The quantitative estimate of drug-likeness (QED) is 0.284. The highest BCUT2D eigenvalue weighted by atomic mass is 127. The molecule has 2 rings (SSSR count). The predicted octanol–water partition coefficient (Wildman–Crippen LogP) is 3.10. The summed E-state index contributed by atoms with van der Waals surface area (Å²) in [5.74, 6) is 2.59. The number of rotatable bonds is 7. The van der Waals surface area contributed by atoms with Gasteiger partial charge in [0.15, 0.2) is 5.96 Å². The molecule has 1 aliphatic heterocycles. The Morgan fingerprint density at radius 1 is 1.36 bits per heavy atom. The second-order valence-electron chi connectivity index (χ2n) is 6.61. The van der Waals surface area contributed by atoms with Gasteiger partial charge in [-0.1, -0.05) is 19.1 Å². The monoisotopic (exact) mass is 460 g/mol. The molecule has 6 heteroatoms. The molecule has 1 unspecified atom stereocenters. The lowest BCUT2D eigenvalue weighted by atomic mass is 10.0. The maximum Gasteiger partial charge on any atom is 0.191 e. The van der Waals surface area contributed by atoms with Crippen LogP contribution in [0.1, 0.15) is 31.7 Å². The maximum absolute atomic E-state index is 5.25. The molecule has 5 nitrogen and oxygen atoms in total. The Morgan fingerprint density at radius 2 is 2.20 bits per heavy atom. The summed E-state index contributed by atoms with van der Waals surface area (Å²) in [6, 6.07) is 8.09. The molecule has 1 saturated heterocycles. The van der Waals surface area contributed by atoms with Gasteiger partial charge in [0.2, 0.25) is 0 Å². The third-order valence-electron chi connectivity index (χ3n) is 4.50. The van der Waals surface area contributed by atoms with Gasteiger partial charge in [-0.3, -0.25) is 4.99 Å². The van der Waals surface area contributed by atoms with E-state index in [1.54, 1.807) is 7.11 Å². The molecule has 2 N–H and O–H groups in total. The van der Waals surface area contributed by atoms with Crippen molar-refractivity contribution in [2.24, 2.45) is 10.9 Å². The molecule has 1 atom stereocenters. The minimum absolute atomic E-state index is 0. The zero-order valence-electron chi connectivity index (χ0n) is 15.8. The summed E-state index contributed by atoms with van der Waals surface area (Å²) in [4.78, 5) is 6.88. The van der Waals surface area contributed by atoms with Crippen molar-refractivity contribution in [3.63, 3.8) is 0 Å². The number of nitrogens with one attached hydrogen (secondary N) is 2. The lowest BCUT2D eigenvalue weighted by Crippen LogP contribution is -2.39. The van der Waals surface area contributed by atoms with E-state index in [0.717, 1.165) is 37.1 Å². The summed E-state index contributed by atoms with van der Waals surface area (Å²) < 4.78 is 5.25. The Balaban J connectivity index is 0.00000312. The number of hydrogen-bond acceptors (Lipinski definition) is 3. The highest BCUT2D eigenvalue weighted by Crippen LogP contribution is 2.15.